The average Bonchev–Trinajstić information content (AvgIpc) is 2.85. The van der Waals surface area contributed by atoms with Crippen molar-refractivity contribution in [1.29, 1.82) is 0 Å². The maximum Gasteiger partial charge on any atom is 0.244 e. The third-order valence-corrected chi connectivity index (χ3v) is 4.03. The number of hydrogen-bond acceptors (Lipinski definition) is 4. The van der Waals surface area contributed by atoms with Crippen molar-refractivity contribution in [2.24, 2.45) is 17.1 Å². The second kappa shape index (κ2) is 5.90. The van der Waals surface area contributed by atoms with Crippen molar-refractivity contribution >= 4 is 5.95 Å². The summed E-state index contributed by atoms with van der Waals surface area (Å²) in [5.41, 5.74) is 6.09. The minimum absolute atomic E-state index is 0.205. The summed E-state index contributed by atoms with van der Waals surface area (Å²) < 4.78 is 0. The molecular weight excluding hydrogens is 238 g/mol. The van der Waals surface area contributed by atoms with Crippen LogP contribution in [0.5, 0.6) is 0 Å². The number of nitrogens with two attached hydrogens (primary N) is 1. The SMILES string of the molecule is CC(C)CCc1nc(N2CCCC(C)(CN)C2)n[nH]1. The maximum atomic E-state index is 5.89. The van der Waals surface area contributed by atoms with Gasteiger partial charge in [-0.25, -0.2) is 0 Å². The molecule has 1 aromatic rings. The highest BCUT2D eigenvalue weighted by molar-refractivity contribution is 5.30. The number of piperidine rings is 1. The zero-order chi connectivity index (χ0) is 13.9. The molecule has 1 aromatic heterocycles. The fourth-order valence-corrected chi connectivity index (χ4v) is 2.62. The Morgan fingerprint density at radius 1 is 1.47 bits per heavy atom. The Kier molecular flexibility index (Phi) is 4.45. The molecule has 0 aliphatic carbocycles. The van der Waals surface area contributed by atoms with Crippen molar-refractivity contribution in [2.45, 2.75) is 46.5 Å². The van der Waals surface area contributed by atoms with Crippen LogP contribution in [-0.2, 0) is 6.42 Å². The standard InChI is InChI=1S/C14H27N5/c1-11(2)5-6-12-16-13(18-17-12)19-8-4-7-14(3,9-15)10-19/h11H,4-10,15H2,1-3H3,(H,16,17,18). The lowest BCUT2D eigenvalue weighted by molar-refractivity contribution is 0.270. The molecule has 1 saturated heterocycles. The molecule has 1 aliphatic heterocycles. The van der Waals surface area contributed by atoms with Crippen LogP contribution >= 0.6 is 0 Å². The summed E-state index contributed by atoms with van der Waals surface area (Å²) in [5.74, 6) is 2.55. The van der Waals surface area contributed by atoms with Gasteiger partial charge in [-0.05, 0) is 37.1 Å². The summed E-state index contributed by atoms with van der Waals surface area (Å²) in [6, 6.07) is 0. The fourth-order valence-electron chi connectivity index (χ4n) is 2.62. The summed E-state index contributed by atoms with van der Waals surface area (Å²) in [6.07, 6.45) is 4.50. The van der Waals surface area contributed by atoms with Gasteiger partial charge in [0.25, 0.3) is 0 Å². The van der Waals surface area contributed by atoms with E-state index < -0.39 is 0 Å². The van der Waals surface area contributed by atoms with E-state index in [2.05, 4.69) is 40.9 Å². The van der Waals surface area contributed by atoms with Crippen LogP contribution in [0.3, 0.4) is 0 Å². The Morgan fingerprint density at radius 2 is 2.26 bits per heavy atom. The van der Waals surface area contributed by atoms with Gasteiger partial charge in [0.1, 0.15) is 5.82 Å². The monoisotopic (exact) mass is 265 g/mol. The Labute approximate surface area is 116 Å². The van der Waals surface area contributed by atoms with Crippen molar-refractivity contribution < 1.29 is 0 Å². The van der Waals surface area contributed by atoms with Crippen LogP contribution in [0, 0.1) is 11.3 Å². The van der Waals surface area contributed by atoms with Crippen LogP contribution in [0.15, 0.2) is 0 Å². The Balaban J connectivity index is 1.98. The molecule has 5 nitrogen and oxygen atoms in total. The normalized spacial score (nSPS) is 24.2. The second-order valence-electron chi connectivity index (χ2n) is 6.55. The number of nitrogens with one attached hydrogen (secondary N) is 1. The van der Waals surface area contributed by atoms with Gasteiger partial charge in [-0.1, -0.05) is 20.8 Å². The highest BCUT2D eigenvalue weighted by Crippen LogP contribution is 2.29. The predicted molar refractivity (Wildman–Crippen MR) is 78.2 cm³/mol. The largest absolute Gasteiger partial charge is 0.339 e. The number of anilines is 1. The lowest BCUT2D eigenvalue weighted by Crippen LogP contribution is -2.46. The number of aromatic amines is 1. The molecule has 19 heavy (non-hydrogen) atoms. The van der Waals surface area contributed by atoms with Crippen molar-refractivity contribution in [2.75, 3.05) is 24.5 Å². The number of nitrogens with zero attached hydrogens (tertiary/aromatic N) is 3. The summed E-state index contributed by atoms with van der Waals surface area (Å²) in [7, 11) is 0. The van der Waals surface area contributed by atoms with Crippen molar-refractivity contribution in [3.8, 4) is 0 Å². The van der Waals surface area contributed by atoms with Gasteiger partial charge in [0.2, 0.25) is 5.95 Å². The molecule has 2 heterocycles. The van der Waals surface area contributed by atoms with Crippen LogP contribution in [0.1, 0.15) is 45.9 Å². The molecule has 0 amide bonds. The molecule has 2 rings (SSSR count). The van der Waals surface area contributed by atoms with E-state index in [-0.39, 0.29) is 5.41 Å². The zero-order valence-electron chi connectivity index (χ0n) is 12.4. The van der Waals surface area contributed by atoms with Gasteiger partial charge >= 0.3 is 0 Å². The number of H-pyrrole nitrogens is 1. The van der Waals surface area contributed by atoms with Crippen molar-refractivity contribution in [3.63, 3.8) is 0 Å². The second-order valence-corrected chi connectivity index (χ2v) is 6.55. The molecule has 5 heteroatoms. The van der Waals surface area contributed by atoms with E-state index in [1.54, 1.807) is 0 Å². The van der Waals surface area contributed by atoms with Gasteiger partial charge < -0.3 is 10.6 Å². The molecule has 0 spiro atoms. The molecule has 1 unspecified atom stereocenters. The third-order valence-electron chi connectivity index (χ3n) is 4.03. The Morgan fingerprint density at radius 3 is 2.95 bits per heavy atom. The third kappa shape index (κ3) is 3.69. The number of aryl methyl sites for hydroxylation is 1. The molecule has 1 aliphatic rings. The topological polar surface area (TPSA) is 70.8 Å². The number of hydrogen-bond donors (Lipinski definition) is 2. The van der Waals surface area contributed by atoms with Crippen LogP contribution < -0.4 is 10.6 Å². The lowest BCUT2D eigenvalue weighted by Gasteiger charge is -2.39. The fraction of sp³-hybridized carbons (Fsp3) is 0.857. The summed E-state index contributed by atoms with van der Waals surface area (Å²) in [5, 5.41) is 7.44. The van der Waals surface area contributed by atoms with Gasteiger partial charge in [-0.2, -0.15) is 4.98 Å². The highest BCUT2D eigenvalue weighted by atomic mass is 15.4. The Bertz CT molecular complexity index is 400. The van der Waals surface area contributed by atoms with Crippen LogP contribution in [0.25, 0.3) is 0 Å². The molecule has 0 radical (unpaired) electrons. The molecule has 0 aromatic carbocycles. The van der Waals surface area contributed by atoms with E-state index in [1.165, 1.54) is 12.8 Å². The van der Waals surface area contributed by atoms with Gasteiger partial charge in [-0.3, -0.25) is 5.10 Å². The average molecular weight is 265 g/mol. The first-order valence-corrected chi connectivity index (χ1v) is 7.39. The molecule has 1 atom stereocenters. The van der Waals surface area contributed by atoms with E-state index in [9.17, 15) is 0 Å². The first kappa shape index (κ1) is 14.3. The molecule has 0 saturated carbocycles. The van der Waals surface area contributed by atoms with E-state index in [0.717, 1.165) is 44.2 Å². The van der Waals surface area contributed by atoms with Gasteiger partial charge in [0.05, 0.1) is 0 Å². The van der Waals surface area contributed by atoms with Gasteiger partial charge in [-0.15, -0.1) is 5.10 Å². The Hall–Kier alpha value is -1.10. The van der Waals surface area contributed by atoms with Gasteiger partial charge in [0, 0.05) is 19.5 Å². The smallest absolute Gasteiger partial charge is 0.244 e. The van der Waals surface area contributed by atoms with Crippen molar-refractivity contribution in [1.82, 2.24) is 15.2 Å². The van der Waals surface area contributed by atoms with Crippen LogP contribution in [0.2, 0.25) is 0 Å². The summed E-state index contributed by atoms with van der Waals surface area (Å²) >= 11 is 0. The lowest BCUT2D eigenvalue weighted by atomic mass is 9.82. The first-order valence-electron chi connectivity index (χ1n) is 7.39. The first-order chi connectivity index (χ1) is 9.02. The molecule has 0 bridgehead atoms. The predicted octanol–water partition coefficient (Wildman–Crippen LogP) is 1.96. The number of aromatic nitrogens is 3. The summed E-state index contributed by atoms with van der Waals surface area (Å²) in [4.78, 5) is 6.89. The molecule has 3 N–H and O–H groups in total. The van der Waals surface area contributed by atoms with E-state index in [0.29, 0.717) is 5.92 Å². The summed E-state index contributed by atoms with van der Waals surface area (Å²) in [6.45, 7) is 9.45. The van der Waals surface area contributed by atoms with Crippen LogP contribution in [-0.4, -0.2) is 34.8 Å². The van der Waals surface area contributed by atoms with Crippen molar-refractivity contribution in [3.05, 3.63) is 5.82 Å². The van der Waals surface area contributed by atoms with E-state index >= 15 is 0 Å². The minimum Gasteiger partial charge on any atom is -0.339 e. The highest BCUT2D eigenvalue weighted by Gasteiger charge is 2.31. The van der Waals surface area contributed by atoms with E-state index in [1.807, 2.05) is 0 Å². The number of rotatable bonds is 5. The molecule has 1 fully saturated rings. The van der Waals surface area contributed by atoms with E-state index in [4.69, 9.17) is 5.73 Å². The minimum atomic E-state index is 0.205. The quantitative estimate of drug-likeness (QED) is 0.853. The van der Waals surface area contributed by atoms with Gasteiger partial charge in [0.15, 0.2) is 0 Å². The molecule has 108 valence electrons. The molecular formula is C14H27N5. The van der Waals surface area contributed by atoms with Crippen LogP contribution in [0.4, 0.5) is 5.95 Å². The maximum absolute atomic E-state index is 5.89. The zero-order valence-corrected chi connectivity index (χ0v) is 12.4.